The zero-order chi connectivity index (χ0) is 24.7. The van der Waals surface area contributed by atoms with Crippen LogP contribution in [0.2, 0.25) is 0 Å². The van der Waals surface area contributed by atoms with E-state index in [0.29, 0.717) is 38.3 Å². The highest BCUT2D eigenvalue weighted by atomic mass is 19.1. The first-order chi connectivity index (χ1) is 16.4. The van der Waals surface area contributed by atoms with Crippen LogP contribution in [0.3, 0.4) is 0 Å². The number of benzene rings is 2. The molecular formula is C24H24F4N4O2. The molecule has 0 aliphatic carbocycles. The lowest BCUT2D eigenvalue weighted by molar-refractivity contribution is 0.102. The van der Waals surface area contributed by atoms with Gasteiger partial charge in [0, 0.05) is 26.4 Å². The van der Waals surface area contributed by atoms with E-state index in [1.165, 1.54) is 12.4 Å². The van der Waals surface area contributed by atoms with Crippen molar-refractivity contribution in [1.29, 1.82) is 0 Å². The van der Waals surface area contributed by atoms with E-state index in [9.17, 15) is 18.0 Å². The molecule has 0 aliphatic heterocycles. The number of pyridine rings is 1. The second kappa shape index (κ2) is 11.6. The second-order valence-corrected chi connectivity index (χ2v) is 7.35. The van der Waals surface area contributed by atoms with E-state index in [1.807, 2.05) is 4.90 Å². The van der Waals surface area contributed by atoms with Crippen molar-refractivity contribution in [3.05, 3.63) is 77.6 Å². The minimum absolute atomic E-state index is 0.267. The molecule has 3 rings (SSSR count). The van der Waals surface area contributed by atoms with Gasteiger partial charge in [0.1, 0.15) is 23.3 Å². The number of hydrogen-bond acceptors (Lipinski definition) is 5. The Hall–Kier alpha value is -3.50. The number of methoxy groups -OCH3 is 1. The number of anilines is 2. The fourth-order valence-electron chi connectivity index (χ4n) is 3.48. The first-order valence-corrected chi connectivity index (χ1v) is 10.5. The number of amides is 1. The molecule has 10 heteroatoms. The Balaban J connectivity index is 1.97. The topological polar surface area (TPSA) is 80.5 Å². The summed E-state index contributed by atoms with van der Waals surface area (Å²) < 4.78 is 63.2. The summed E-state index contributed by atoms with van der Waals surface area (Å²) in [6.45, 7) is 1.91. The molecule has 0 unspecified atom stereocenters. The van der Waals surface area contributed by atoms with Crippen molar-refractivity contribution in [2.45, 2.75) is 6.42 Å². The van der Waals surface area contributed by atoms with Crippen LogP contribution in [0, 0.1) is 23.3 Å². The van der Waals surface area contributed by atoms with Crippen molar-refractivity contribution in [2.24, 2.45) is 5.73 Å². The van der Waals surface area contributed by atoms with Gasteiger partial charge in [-0.05, 0) is 43.3 Å². The number of halogens is 4. The summed E-state index contributed by atoms with van der Waals surface area (Å²) in [5.41, 5.74) is 4.06. The van der Waals surface area contributed by atoms with E-state index >= 15 is 4.39 Å². The summed E-state index contributed by atoms with van der Waals surface area (Å²) in [4.78, 5) is 18.9. The van der Waals surface area contributed by atoms with Crippen molar-refractivity contribution >= 4 is 17.3 Å². The van der Waals surface area contributed by atoms with Crippen LogP contribution in [0.4, 0.5) is 28.9 Å². The number of ether oxygens (including phenoxy) is 1. The number of rotatable bonds is 10. The first-order valence-electron chi connectivity index (χ1n) is 10.5. The molecule has 1 heterocycles. The zero-order valence-electron chi connectivity index (χ0n) is 18.5. The molecule has 0 fully saturated rings. The molecule has 1 aromatic heterocycles. The van der Waals surface area contributed by atoms with Crippen LogP contribution in [-0.4, -0.2) is 44.2 Å². The van der Waals surface area contributed by atoms with Gasteiger partial charge in [-0.15, -0.1) is 0 Å². The smallest absolute Gasteiger partial charge is 0.258 e. The van der Waals surface area contributed by atoms with Crippen molar-refractivity contribution in [3.8, 4) is 11.1 Å². The summed E-state index contributed by atoms with van der Waals surface area (Å²) >= 11 is 0. The molecule has 0 saturated heterocycles. The molecule has 34 heavy (non-hydrogen) atoms. The summed E-state index contributed by atoms with van der Waals surface area (Å²) in [7, 11) is 1.56. The van der Waals surface area contributed by atoms with E-state index < -0.39 is 45.9 Å². The highest BCUT2D eigenvalue weighted by Crippen LogP contribution is 2.33. The number of carbonyl (C=O) groups excluding carboxylic acids is 1. The summed E-state index contributed by atoms with van der Waals surface area (Å²) in [6, 6.07) is 6.20. The Morgan fingerprint density at radius 3 is 2.41 bits per heavy atom. The molecule has 2 aromatic carbocycles. The SMILES string of the molecule is COCCN(CCCN)c1ccncc1NC(=O)c1ccc(F)c(-c2c(F)cccc2F)c1F. The number of nitrogens with two attached hydrogens (primary N) is 1. The minimum atomic E-state index is -1.38. The van der Waals surface area contributed by atoms with Crippen LogP contribution in [-0.2, 0) is 4.74 Å². The van der Waals surface area contributed by atoms with Crippen LogP contribution in [0.25, 0.3) is 11.1 Å². The fourth-order valence-corrected chi connectivity index (χ4v) is 3.48. The molecular weight excluding hydrogens is 452 g/mol. The molecule has 0 aliphatic rings. The van der Waals surface area contributed by atoms with Gasteiger partial charge in [0.2, 0.25) is 0 Å². The van der Waals surface area contributed by atoms with Gasteiger partial charge in [-0.3, -0.25) is 9.78 Å². The van der Waals surface area contributed by atoms with Gasteiger partial charge < -0.3 is 20.7 Å². The maximum atomic E-state index is 15.2. The molecule has 0 atom stereocenters. The van der Waals surface area contributed by atoms with Gasteiger partial charge in [-0.2, -0.15) is 0 Å². The predicted molar refractivity (Wildman–Crippen MR) is 122 cm³/mol. The number of hydrogen-bond donors (Lipinski definition) is 2. The van der Waals surface area contributed by atoms with E-state index in [0.717, 1.165) is 30.3 Å². The van der Waals surface area contributed by atoms with Crippen LogP contribution in [0.5, 0.6) is 0 Å². The number of nitrogens with zero attached hydrogens (tertiary/aromatic N) is 2. The second-order valence-electron chi connectivity index (χ2n) is 7.35. The Morgan fingerprint density at radius 2 is 1.74 bits per heavy atom. The largest absolute Gasteiger partial charge is 0.383 e. The summed E-state index contributed by atoms with van der Waals surface area (Å²) in [5, 5.41) is 2.56. The number of aromatic nitrogens is 1. The lowest BCUT2D eigenvalue weighted by Gasteiger charge is -2.26. The molecule has 1 amide bonds. The fraction of sp³-hybridized carbons (Fsp3) is 0.250. The lowest BCUT2D eigenvalue weighted by Crippen LogP contribution is -2.30. The van der Waals surface area contributed by atoms with Crippen LogP contribution < -0.4 is 16.0 Å². The van der Waals surface area contributed by atoms with E-state index in [-0.39, 0.29) is 5.69 Å². The summed E-state index contributed by atoms with van der Waals surface area (Å²) in [5.74, 6) is -5.83. The van der Waals surface area contributed by atoms with Crippen LogP contribution in [0.15, 0.2) is 48.8 Å². The maximum absolute atomic E-state index is 15.2. The van der Waals surface area contributed by atoms with Crippen molar-refractivity contribution < 1.29 is 27.1 Å². The maximum Gasteiger partial charge on any atom is 0.258 e. The molecule has 3 N–H and O–H groups in total. The molecule has 0 bridgehead atoms. The van der Waals surface area contributed by atoms with Crippen LogP contribution >= 0.6 is 0 Å². The Kier molecular flexibility index (Phi) is 8.55. The third-order valence-electron chi connectivity index (χ3n) is 5.13. The van der Waals surface area contributed by atoms with Crippen molar-refractivity contribution in [2.75, 3.05) is 43.6 Å². The van der Waals surface area contributed by atoms with Gasteiger partial charge in [0.25, 0.3) is 5.91 Å². The first kappa shape index (κ1) is 25.1. The molecule has 6 nitrogen and oxygen atoms in total. The molecule has 180 valence electrons. The standard InChI is InChI=1S/C24H24F4N4O2/c1-34-13-12-32(11-3-9-29)20-8-10-30-14-19(20)31-24(33)15-6-7-18(27)22(23(15)28)21-16(25)4-2-5-17(21)26/h2,4-8,10,14H,3,9,11-13,29H2,1H3,(H,31,33). The normalized spacial score (nSPS) is 10.9. The van der Waals surface area contributed by atoms with E-state index in [1.54, 1.807) is 13.2 Å². The predicted octanol–water partition coefficient (Wildman–Crippen LogP) is 4.36. The molecule has 0 radical (unpaired) electrons. The van der Waals surface area contributed by atoms with Crippen LogP contribution in [0.1, 0.15) is 16.8 Å². The quantitative estimate of drug-likeness (QED) is 0.425. The minimum Gasteiger partial charge on any atom is -0.383 e. The van der Waals surface area contributed by atoms with Gasteiger partial charge in [0.05, 0.1) is 40.9 Å². The highest BCUT2D eigenvalue weighted by molar-refractivity contribution is 6.06. The lowest BCUT2D eigenvalue weighted by atomic mass is 9.99. The Bertz CT molecular complexity index is 1130. The van der Waals surface area contributed by atoms with E-state index in [4.69, 9.17) is 10.5 Å². The third-order valence-corrected chi connectivity index (χ3v) is 5.13. The van der Waals surface area contributed by atoms with Gasteiger partial charge >= 0.3 is 0 Å². The monoisotopic (exact) mass is 476 g/mol. The Labute approximate surface area is 194 Å². The average molecular weight is 476 g/mol. The van der Waals surface area contributed by atoms with Gasteiger partial charge in [-0.1, -0.05) is 6.07 Å². The highest BCUT2D eigenvalue weighted by Gasteiger charge is 2.25. The molecule has 0 saturated carbocycles. The van der Waals surface area contributed by atoms with Crippen molar-refractivity contribution in [3.63, 3.8) is 0 Å². The Morgan fingerprint density at radius 1 is 1.03 bits per heavy atom. The number of nitrogens with one attached hydrogen (secondary N) is 1. The van der Waals surface area contributed by atoms with Gasteiger partial charge in [-0.25, -0.2) is 17.6 Å². The zero-order valence-corrected chi connectivity index (χ0v) is 18.5. The number of carbonyl (C=O) groups is 1. The van der Waals surface area contributed by atoms with Gasteiger partial charge in [0.15, 0.2) is 0 Å². The average Bonchev–Trinajstić information content (AvgIpc) is 2.81. The van der Waals surface area contributed by atoms with E-state index in [2.05, 4.69) is 10.3 Å². The molecule has 3 aromatic rings. The third kappa shape index (κ3) is 5.52. The van der Waals surface area contributed by atoms with Crippen molar-refractivity contribution in [1.82, 2.24) is 4.98 Å². The molecule has 0 spiro atoms. The summed E-state index contributed by atoms with van der Waals surface area (Å²) in [6.07, 6.45) is 3.59.